The van der Waals surface area contributed by atoms with Gasteiger partial charge in [-0.1, -0.05) is 43.6 Å². The summed E-state index contributed by atoms with van der Waals surface area (Å²) in [4.78, 5) is 59.1. The maximum absolute atomic E-state index is 11.3. The van der Waals surface area contributed by atoms with Gasteiger partial charge in [0.15, 0.2) is 5.69 Å². The molecule has 0 amide bonds. The molecule has 6 N–H and O–H groups in total. The van der Waals surface area contributed by atoms with Gasteiger partial charge in [-0.2, -0.15) is 0 Å². The molecule has 0 radical (unpaired) electrons. The quantitative estimate of drug-likeness (QED) is 0.0436. The van der Waals surface area contributed by atoms with Crippen LogP contribution in [0, 0.1) is 44.2 Å². The summed E-state index contributed by atoms with van der Waals surface area (Å²) >= 11 is 5.94. The molecular formula is C31H44ClN6O12PS. The number of hydrogen-bond donors (Lipinski definition) is 5. The molecule has 3 aromatic carbocycles. The Balaban J connectivity index is 0.000000745. The van der Waals surface area contributed by atoms with Crippen LogP contribution in [0.25, 0.3) is 0 Å². The number of benzene rings is 3. The second-order valence-corrected chi connectivity index (χ2v) is 15.5. The Morgan fingerprint density at radius 1 is 0.981 bits per heavy atom. The Labute approximate surface area is 308 Å². The Kier molecular flexibility index (Phi) is 21.1. The van der Waals surface area contributed by atoms with Crippen molar-refractivity contribution in [1.29, 1.82) is 0 Å². The van der Waals surface area contributed by atoms with Crippen LogP contribution >= 0.6 is 19.2 Å². The van der Waals surface area contributed by atoms with E-state index in [0.717, 1.165) is 12.8 Å². The lowest BCUT2D eigenvalue weighted by atomic mass is 10.0. The maximum Gasteiger partial charge on any atom is 0.317 e. The molecule has 0 fully saturated rings. The van der Waals surface area contributed by atoms with Gasteiger partial charge in [-0.3, -0.25) is 40.5 Å². The number of nitro benzene ring substituents is 3. The zero-order chi connectivity index (χ0) is 40.3. The maximum atomic E-state index is 11.3. The number of hydrogen-bond acceptors (Lipinski definition) is 13. The van der Waals surface area contributed by atoms with Gasteiger partial charge in [0, 0.05) is 23.7 Å². The first kappa shape index (κ1) is 47.5. The van der Waals surface area contributed by atoms with Gasteiger partial charge in [-0.25, -0.2) is 0 Å². The number of nitrogens with one attached hydrogen (secondary N) is 2. The summed E-state index contributed by atoms with van der Waals surface area (Å²) in [5.74, 6) is -0.313. The van der Waals surface area contributed by atoms with E-state index < -0.39 is 41.2 Å². The molecule has 0 bridgehead atoms. The topological polar surface area (TPSA) is 286 Å². The molecule has 18 nitrogen and oxygen atoms in total. The highest BCUT2D eigenvalue weighted by Gasteiger charge is 2.30. The first-order chi connectivity index (χ1) is 24.1. The Morgan fingerprint density at radius 2 is 1.50 bits per heavy atom. The van der Waals surface area contributed by atoms with E-state index in [0.29, 0.717) is 27.8 Å². The number of halogens is 1. The molecule has 52 heavy (non-hydrogen) atoms. The zero-order valence-electron chi connectivity index (χ0n) is 29.7. The van der Waals surface area contributed by atoms with Crippen LogP contribution in [0.5, 0.6) is 11.5 Å². The number of nitrogens with two attached hydrogens (primary N) is 1. The Morgan fingerprint density at radius 3 is 1.92 bits per heavy atom. The lowest BCUT2D eigenvalue weighted by molar-refractivity contribution is -0.392. The number of carboxylic acid groups (broad SMARTS) is 1. The van der Waals surface area contributed by atoms with Crippen molar-refractivity contribution in [3.63, 3.8) is 0 Å². The van der Waals surface area contributed by atoms with E-state index in [1.807, 2.05) is 25.2 Å². The van der Waals surface area contributed by atoms with E-state index in [1.165, 1.54) is 18.2 Å². The van der Waals surface area contributed by atoms with Gasteiger partial charge in [-0.15, -0.1) is 0 Å². The van der Waals surface area contributed by atoms with Gasteiger partial charge in [-0.05, 0) is 61.3 Å². The second-order valence-electron chi connectivity index (χ2n) is 11.1. The summed E-state index contributed by atoms with van der Waals surface area (Å²) in [6, 6.07) is 13.0. The van der Waals surface area contributed by atoms with Gasteiger partial charge in [0.25, 0.3) is 11.4 Å². The van der Waals surface area contributed by atoms with E-state index >= 15 is 0 Å². The van der Waals surface area contributed by atoms with Crippen LogP contribution in [0.2, 0.25) is 5.02 Å². The van der Waals surface area contributed by atoms with Crippen molar-refractivity contribution in [3.8, 4) is 11.5 Å². The highest BCUT2D eigenvalue weighted by Crippen LogP contribution is 2.40. The summed E-state index contributed by atoms with van der Waals surface area (Å²) < 4.78 is 15.4. The predicted octanol–water partition coefficient (Wildman–Crippen LogP) is 6.00. The number of rotatable bonds is 13. The fourth-order valence-corrected chi connectivity index (χ4v) is 4.41. The molecule has 21 heteroatoms. The molecule has 0 aliphatic heterocycles. The largest absolute Gasteiger partial charge is 0.778 e. The fraction of sp³-hybridized carbons (Fsp3) is 0.387. The number of nitrogen functional groups attached to an aromatic ring is 1. The van der Waals surface area contributed by atoms with Crippen molar-refractivity contribution in [3.05, 3.63) is 95.0 Å². The fourth-order valence-electron chi connectivity index (χ4n) is 3.81. The Hall–Kier alpha value is -4.52. The van der Waals surface area contributed by atoms with Gasteiger partial charge in [0.05, 0.1) is 46.4 Å². The molecule has 3 rings (SSSR count). The summed E-state index contributed by atoms with van der Waals surface area (Å²) in [7, 11) is -3.71. The molecule has 0 saturated heterocycles. The van der Waals surface area contributed by atoms with Crippen molar-refractivity contribution >= 4 is 64.5 Å². The van der Waals surface area contributed by atoms with Crippen LogP contribution in [-0.4, -0.2) is 68.4 Å². The molecule has 288 valence electrons. The molecule has 0 heterocycles. The highest BCUT2D eigenvalue weighted by molar-refractivity contribution is 7.94. The third-order valence-electron chi connectivity index (χ3n) is 6.38. The normalized spacial score (nSPS) is 11.4. The molecule has 1 atom stereocenters. The van der Waals surface area contributed by atoms with Gasteiger partial charge in [0.1, 0.15) is 29.8 Å². The average Bonchev–Trinajstić information content (AvgIpc) is 3.03. The number of para-hydroxylation sites is 1. The van der Waals surface area contributed by atoms with Crippen molar-refractivity contribution in [2.45, 2.75) is 46.6 Å². The summed E-state index contributed by atoms with van der Waals surface area (Å²) in [6.45, 7) is 6.62. The smallest absolute Gasteiger partial charge is 0.317 e. The SMILES string of the molecule is CCC(CC)Nc1c([N+](=O)[O-])cc(C)c(C)c1[N+](=O)[O-].C[S+](C)C.Nc1c([N+](=O)[O-])ccc(Oc2ccccc2)c1Cl.O=C(O)CNCP(=O)([O-])O. The van der Waals surface area contributed by atoms with Crippen LogP contribution in [0.3, 0.4) is 0 Å². The molecule has 0 aliphatic carbocycles. The first-order valence-electron chi connectivity index (χ1n) is 15.2. The van der Waals surface area contributed by atoms with Gasteiger partial charge < -0.3 is 35.2 Å². The van der Waals surface area contributed by atoms with E-state index in [2.05, 4.69) is 24.1 Å². The van der Waals surface area contributed by atoms with Crippen LogP contribution in [0.15, 0.2) is 48.5 Å². The van der Waals surface area contributed by atoms with E-state index in [9.17, 15) is 44.6 Å². The minimum atomic E-state index is -4.35. The number of ether oxygens (including phenoxy) is 1. The molecular weight excluding hydrogens is 747 g/mol. The number of aliphatic carboxylic acids is 1. The van der Waals surface area contributed by atoms with Crippen LogP contribution in [0.1, 0.15) is 37.8 Å². The molecule has 0 spiro atoms. The molecule has 0 aromatic heterocycles. The van der Waals surface area contributed by atoms with Crippen molar-refractivity contribution in [1.82, 2.24) is 5.32 Å². The molecule has 3 aromatic rings. The minimum absolute atomic E-state index is 0.0109. The third kappa shape index (κ3) is 17.6. The highest BCUT2D eigenvalue weighted by atomic mass is 35.5. The molecule has 0 saturated carbocycles. The van der Waals surface area contributed by atoms with Gasteiger partial charge in [0.2, 0.25) is 0 Å². The first-order valence-corrected chi connectivity index (χ1v) is 19.8. The lowest BCUT2D eigenvalue weighted by Crippen LogP contribution is -2.25. The number of anilines is 2. The van der Waals surface area contributed by atoms with Crippen LogP contribution in [0.4, 0.5) is 28.4 Å². The molecule has 0 aliphatic rings. The van der Waals surface area contributed by atoms with Crippen molar-refractivity contribution in [2.75, 3.05) is 42.6 Å². The third-order valence-corrected chi connectivity index (χ3v) is 7.40. The predicted molar refractivity (Wildman–Crippen MR) is 202 cm³/mol. The van der Waals surface area contributed by atoms with E-state index in [4.69, 9.17) is 32.1 Å². The number of carboxylic acids is 1. The van der Waals surface area contributed by atoms with Crippen molar-refractivity contribution in [2.24, 2.45) is 0 Å². The number of nitrogens with zero attached hydrogens (tertiary/aromatic N) is 3. The summed E-state index contributed by atoms with van der Waals surface area (Å²) in [5.41, 5.74) is 5.80. The number of aryl methyl sites for hydroxylation is 1. The Bertz CT molecular complexity index is 1710. The monoisotopic (exact) mass is 790 g/mol. The summed E-state index contributed by atoms with van der Waals surface area (Å²) in [6.07, 6.45) is 7.34. The van der Waals surface area contributed by atoms with E-state index in [-0.39, 0.29) is 45.3 Å². The molecule has 1 unspecified atom stereocenters. The average molecular weight is 791 g/mol. The zero-order valence-corrected chi connectivity index (χ0v) is 32.1. The summed E-state index contributed by atoms with van der Waals surface area (Å²) in [5, 5.41) is 46.1. The number of nitro groups is 3. The van der Waals surface area contributed by atoms with Crippen molar-refractivity contribution < 1.29 is 43.8 Å². The lowest BCUT2D eigenvalue weighted by Gasteiger charge is -2.17. The second kappa shape index (κ2) is 23.1. The minimum Gasteiger partial charge on any atom is -0.778 e. The van der Waals surface area contributed by atoms with Crippen LogP contribution in [-0.2, 0) is 20.3 Å². The van der Waals surface area contributed by atoms with Crippen LogP contribution < -0.4 is 26.0 Å². The standard InChI is InChI=1S/C13H19N3O4.C12H9ClN2O3.C3H8NO5P.C3H9S/c1-5-10(6-2)14-12-11(15(17)18)7-8(3)9(4)13(12)16(19)20;13-11-10(18-8-4-2-1-3-5-8)7-6-9(12(11)14)15(16)17;5-3(6)1-4-2-10(7,8)9;1-4(2)3/h7,10,14H,5-6H2,1-4H3;1-7H,14H2;4H,1-2H2,(H,5,6)(H2,7,8,9);1-3H3/q;;;+1/p-1. The van der Waals surface area contributed by atoms with Gasteiger partial charge >= 0.3 is 11.7 Å². The van der Waals surface area contributed by atoms with E-state index in [1.54, 1.807) is 38.1 Å². The number of carbonyl (C=O) groups is 1.